The van der Waals surface area contributed by atoms with Crippen LogP contribution in [0.4, 0.5) is 10.1 Å². The van der Waals surface area contributed by atoms with Gasteiger partial charge in [0, 0.05) is 18.7 Å². The first-order chi connectivity index (χ1) is 8.66. The van der Waals surface area contributed by atoms with Crippen molar-refractivity contribution in [1.82, 2.24) is 4.90 Å². The predicted molar refractivity (Wildman–Crippen MR) is 76.5 cm³/mol. The van der Waals surface area contributed by atoms with Crippen molar-refractivity contribution in [3.8, 4) is 0 Å². The Labute approximate surface area is 112 Å². The lowest BCUT2D eigenvalue weighted by Gasteiger charge is -2.15. The van der Waals surface area contributed by atoms with Crippen molar-refractivity contribution in [2.24, 2.45) is 5.73 Å². The number of nitrogens with one attached hydrogen (secondary N) is 1. The van der Waals surface area contributed by atoms with Gasteiger partial charge in [0.1, 0.15) is 10.8 Å². The molecule has 1 aliphatic heterocycles. The van der Waals surface area contributed by atoms with Crippen LogP contribution in [0.3, 0.4) is 0 Å². The van der Waals surface area contributed by atoms with Crippen LogP contribution in [0.25, 0.3) is 0 Å². The number of hydrogen-bond donors (Lipinski definition) is 2. The van der Waals surface area contributed by atoms with Gasteiger partial charge in [-0.2, -0.15) is 0 Å². The minimum absolute atomic E-state index is 0.220. The van der Waals surface area contributed by atoms with E-state index in [0.29, 0.717) is 11.3 Å². The molecule has 0 bridgehead atoms. The Kier molecular flexibility index (Phi) is 4.49. The molecular formula is C13H18FN3S. The second-order valence-corrected chi connectivity index (χ2v) is 4.97. The van der Waals surface area contributed by atoms with Crippen LogP contribution in [0, 0.1) is 5.82 Å². The maximum atomic E-state index is 13.7. The third kappa shape index (κ3) is 3.40. The van der Waals surface area contributed by atoms with Gasteiger partial charge in [-0.1, -0.05) is 12.2 Å². The smallest absolute Gasteiger partial charge is 0.146 e. The molecule has 0 aromatic heterocycles. The number of hydrogen-bond acceptors (Lipinski definition) is 3. The Morgan fingerprint density at radius 3 is 2.72 bits per heavy atom. The monoisotopic (exact) mass is 267 g/mol. The number of likely N-dealkylation sites (tertiary alicyclic amines) is 1. The van der Waals surface area contributed by atoms with Gasteiger partial charge < -0.3 is 16.0 Å². The van der Waals surface area contributed by atoms with Crippen molar-refractivity contribution < 1.29 is 4.39 Å². The summed E-state index contributed by atoms with van der Waals surface area (Å²) in [5.41, 5.74) is 6.52. The van der Waals surface area contributed by atoms with Crippen LogP contribution in [-0.4, -0.2) is 36.1 Å². The number of rotatable bonds is 5. The highest BCUT2D eigenvalue weighted by atomic mass is 32.1. The van der Waals surface area contributed by atoms with Gasteiger partial charge in [0.05, 0.1) is 5.69 Å². The number of nitrogens with two attached hydrogens (primary N) is 1. The highest BCUT2D eigenvalue weighted by Gasteiger charge is 2.11. The highest BCUT2D eigenvalue weighted by Crippen LogP contribution is 2.15. The highest BCUT2D eigenvalue weighted by molar-refractivity contribution is 7.80. The fourth-order valence-electron chi connectivity index (χ4n) is 2.17. The number of nitrogens with zero attached hydrogens (tertiary/aromatic N) is 1. The van der Waals surface area contributed by atoms with Crippen molar-refractivity contribution in [1.29, 1.82) is 0 Å². The Morgan fingerprint density at radius 2 is 2.11 bits per heavy atom. The van der Waals surface area contributed by atoms with Crippen LogP contribution in [-0.2, 0) is 0 Å². The second-order valence-electron chi connectivity index (χ2n) is 4.53. The molecule has 0 radical (unpaired) electrons. The average molecular weight is 267 g/mol. The van der Waals surface area contributed by atoms with Gasteiger partial charge in [-0.3, -0.25) is 0 Å². The maximum Gasteiger partial charge on any atom is 0.146 e. The molecule has 0 atom stereocenters. The first-order valence-corrected chi connectivity index (χ1v) is 6.63. The normalized spacial score (nSPS) is 15.8. The van der Waals surface area contributed by atoms with Crippen molar-refractivity contribution in [3.05, 3.63) is 29.6 Å². The summed E-state index contributed by atoms with van der Waals surface area (Å²) < 4.78 is 13.7. The van der Waals surface area contributed by atoms with Crippen molar-refractivity contribution in [2.75, 3.05) is 31.5 Å². The third-order valence-electron chi connectivity index (χ3n) is 3.20. The molecule has 5 heteroatoms. The molecule has 0 amide bonds. The molecule has 98 valence electrons. The van der Waals surface area contributed by atoms with Crippen molar-refractivity contribution >= 4 is 22.9 Å². The zero-order valence-corrected chi connectivity index (χ0v) is 11.1. The van der Waals surface area contributed by atoms with Crippen LogP contribution in [0.1, 0.15) is 18.4 Å². The molecule has 0 saturated carbocycles. The zero-order valence-electron chi connectivity index (χ0n) is 10.3. The van der Waals surface area contributed by atoms with E-state index >= 15 is 0 Å². The molecule has 2 rings (SSSR count). The molecule has 0 unspecified atom stereocenters. The first kappa shape index (κ1) is 13.2. The largest absolute Gasteiger partial charge is 0.389 e. The van der Waals surface area contributed by atoms with Crippen LogP contribution in [0.5, 0.6) is 0 Å². The van der Waals surface area contributed by atoms with E-state index in [4.69, 9.17) is 18.0 Å². The van der Waals surface area contributed by atoms with E-state index in [0.717, 1.165) is 26.2 Å². The molecule has 0 aliphatic carbocycles. The molecular weight excluding hydrogens is 249 g/mol. The summed E-state index contributed by atoms with van der Waals surface area (Å²) in [5, 5.41) is 3.11. The average Bonchev–Trinajstić information content (AvgIpc) is 2.84. The first-order valence-electron chi connectivity index (χ1n) is 6.22. The quantitative estimate of drug-likeness (QED) is 0.800. The van der Waals surface area contributed by atoms with E-state index in [9.17, 15) is 4.39 Å². The van der Waals surface area contributed by atoms with E-state index in [-0.39, 0.29) is 10.8 Å². The Balaban J connectivity index is 1.87. The van der Waals surface area contributed by atoms with Crippen LogP contribution in [0.15, 0.2) is 18.2 Å². The van der Waals surface area contributed by atoms with Gasteiger partial charge in [-0.15, -0.1) is 0 Å². The summed E-state index contributed by atoms with van der Waals surface area (Å²) in [6.07, 6.45) is 2.55. The minimum atomic E-state index is -0.304. The molecule has 1 saturated heterocycles. The SMILES string of the molecule is NC(=S)c1ccc(NCCN2CCCC2)c(F)c1. The molecule has 1 aromatic carbocycles. The zero-order chi connectivity index (χ0) is 13.0. The molecule has 1 fully saturated rings. The maximum absolute atomic E-state index is 13.7. The summed E-state index contributed by atoms with van der Waals surface area (Å²) in [6.45, 7) is 4.02. The fraction of sp³-hybridized carbons (Fsp3) is 0.462. The Morgan fingerprint density at radius 1 is 1.39 bits per heavy atom. The standard InChI is InChI=1S/C13H18FN3S/c14-11-9-10(13(15)18)3-4-12(11)16-5-8-17-6-1-2-7-17/h3-4,9,16H,1-2,5-8H2,(H2,15,18). The van der Waals surface area contributed by atoms with E-state index in [2.05, 4.69) is 10.2 Å². The molecule has 1 aliphatic rings. The lowest BCUT2D eigenvalue weighted by Crippen LogP contribution is -2.26. The molecule has 1 heterocycles. The molecule has 3 N–H and O–H groups in total. The summed E-state index contributed by atoms with van der Waals surface area (Å²) in [4.78, 5) is 2.60. The minimum Gasteiger partial charge on any atom is -0.389 e. The van der Waals surface area contributed by atoms with Gasteiger partial charge >= 0.3 is 0 Å². The van der Waals surface area contributed by atoms with E-state index < -0.39 is 0 Å². The fourth-order valence-corrected chi connectivity index (χ4v) is 2.29. The van der Waals surface area contributed by atoms with Gasteiger partial charge in [0.2, 0.25) is 0 Å². The summed E-state index contributed by atoms with van der Waals surface area (Å²) in [6, 6.07) is 4.80. The van der Waals surface area contributed by atoms with E-state index in [1.165, 1.54) is 18.9 Å². The van der Waals surface area contributed by atoms with Gasteiger partial charge in [0.25, 0.3) is 0 Å². The Hall–Kier alpha value is -1.20. The molecule has 0 spiro atoms. The predicted octanol–water partition coefficient (Wildman–Crippen LogP) is 1.97. The topological polar surface area (TPSA) is 41.3 Å². The van der Waals surface area contributed by atoms with Gasteiger partial charge in [0.15, 0.2) is 0 Å². The molecule has 18 heavy (non-hydrogen) atoms. The van der Waals surface area contributed by atoms with Crippen molar-refractivity contribution in [2.45, 2.75) is 12.8 Å². The van der Waals surface area contributed by atoms with Gasteiger partial charge in [-0.25, -0.2) is 4.39 Å². The van der Waals surface area contributed by atoms with E-state index in [1.807, 2.05) is 0 Å². The number of anilines is 1. The molecule has 3 nitrogen and oxygen atoms in total. The lowest BCUT2D eigenvalue weighted by atomic mass is 10.2. The second kappa shape index (κ2) is 6.11. The summed E-state index contributed by atoms with van der Waals surface area (Å²) in [7, 11) is 0. The third-order valence-corrected chi connectivity index (χ3v) is 3.43. The number of halogens is 1. The van der Waals surface area contributed by atoms with Crippen molar-refractivity contribution in [3.63, 3.8) is 0 Å². The van der Waals surface area contributed by atoms with E-state index in [1.54, 1.807) is 12.1 Å². The number of thiocarbonyl (C=S) groups is 1. The van der Waals surface area contributed by atoms with Crippen LogP contribution < -0.4 is 11.1 Å². The Bertz CT molecular complexity index is 430. The summed E-state index contributed by atoms with van der Waals surface area (Å²) >= 11 is 4.81. The van der Waals surface area contributed by atoms with Gasteiger partial charge in [-0.05, 0) is 44.1 Å². The number of benzene rings is 1. The van der Waals surface area contributed by atoms with Crippen LogP contribution >= 0.6 is 12.2 Å². The summed E-state index contributed by atoms with van der Waals surface area (Å²) in [5.74, 6) is -0.304. The molecule has 1 aromatic rings. The van der Waals surface area contributed by atoms with Crippen LogP contribution in [0.2, 0.25) is 0 Å². The lowest BCUT2D eigenvalue weighted by molar-refractivity contribution is 0.352.